The predicted molar refractivity (Wildman–Crippen MR) is 77.4 cm³/mol. The molecule has 4 heteroatoms. The van der Waals surface area contributed by atoms with E-state index < -0.39 is 5.60 Å². The zero-order valence-corrected chi connectivity index (χ0v) is 12.6. The van der Waals surface area contributed by atoms with Crippen LogP contribution in [0.1, 0.15) is 39.5 Å². The molecule has 2 aliphatic rings. The molecule has 2 rings (SSSR count). The van der Waals surface area contributed by atoms with Gasteiger partial charge in [0.05, 0.1) is 11.7 Å². The highest BCUT2D eigenvalue weighted by Crippen LogP contribution is 2.17. The summed E-state index contributed by atoms with van der Waals surface area (Å²) in [6.45, 7) is 11.2. The molecule has 2 aliphatic heterocycles. The number of nitrogens with zero attached hydrogens (tertiary/aromatic N) is 2. The van der Waals surface area contributed by atoms with E-state index in [-0.39, 0.29) is 0 Å². The highest BCUT2D eigenvalue weighted by Gasteiger charge is 2.22. The smallest absolute Gasteiger partial charge is 0.0718 e. The Labute approximate surface area is 117 Å². The van der Waals surface area contributed by atoms with E-state index in [9.17, 15) is 5.11 Å². The third kappa shape index (κ3) is 5.78. The van der Waals surface area contributed by atoms with Gasteiger partial charge in [0.2, 0.25) is 0 Å². The van der Waals surface area contributed by atoms with Gasteiger partial charge in [-0.2, -0.15) is 0 Å². The van der Waals surface area contributed by atoms with E-state index in [0.29, 0.717) is 6.10 Å². The van der Waals surface area contributed by atoms with Gasteiger partial charge in [-0.3, -0.25) is 4.90 Å². The average molecular weight is 270 g/mol. The molecular formula is C15H30N2O2. The number of piperazine rings is 1. The lowest BCUT2D eigenvalue weighted by Gasteiger charge is -2.37. The number of hydrogen-bond donors (Lipinski definition) is 1. The molecule has 0 saturated carbocycles. The fourth-order valence-corrected chi connectivity index (χ4v) is 3.13. The van der Waals surface area contributed by atoms with Gasteiger partial charge in [-0.25, -0.2) is 0 Å². The molecule has 1 atom stereocenters. The Morgan fingerprint density at radius 1 is 1.16 bits per heavy atom. The second-order valence-electron chi connectivity index (χ2n) is 6.71. The number of rotatable bonds is 6. The van der Waals surface area contributed by atoms with E-state index in [2.05, 4.69) is 9.80 Å². The largest absolute Gasteiger partial charge is 0.389 e. The van der Waals surface area contributed by atoms with Crippen molar-refractivity contribution >= 4 is 0 Å². The molecule has 112 valence electrons. The summed E-state index contributed by atoms with van der Waals surface area (Å²) < 4.78 is 5.66. The van der Waals surface area contributed by atoms with E-state index in [1.54, 1.807) is 0 Å². The Kier molecular flexibility index (Phi) is 5.63. The predicted octanol–water partition coefficient (Wildman–Crippen LogP) is 1.33. The van der Waals surface area contributed by atoms with Crippen molar-refractivity contribution < 1.29 is 9.84 Å². The molecule has 0 amide bonds. The fraction of sp³-hybridized carbons (Fsp3) is 1.00. The van der Waals surface area contributed by atoms with Crippen molar-refractivity contribution in [3.05, 3.63) is 0 Å². The maximum absolute atomic E-state index is 9.83. The first-order chi connectivity index (χ1) is 9.03. The molecule has 0 aromatic heterocycles. The van der Waals surface area contributed by atoms with Crippen LogP contribution in [0.3, 0.4) is 0 Å². The van der Waals surface area contributed by atoms with Crippen LogP contribution in [0.15, 0.2) is 0 Å². The Hall–Kier alpha value is -0.160. The normalized spacial score (nSPS) is 27.0. The van der Waals surface area contributed by atoms with Crippen molar-refractivity contribution in [1.82, 2.24) is 9.80 Å². The van der Waals surface area contributed by atoms with E-state index >= 15 is 0 Å². The maximum Gasteiger partial charge on any atom is 0.0718 e. The highest BCUT2D eigenvalue weighted by molar-refractivity contribution is 4.78. The van der Waals surface area contributed by atoms with Gasteiger partial charge in [0.15, 0.2) is 0 Å². The van der Waals surface area contributed by atoms with E-state index in [1.165, 1.54) is 32.2 Å². The average Bonchev–Trinajstić information content (AvgIpc) is 2.82. The summed E-state index contributed by atoms with van der Waals surface area (Å²) in [4.78, 5) is 4.92. The third-order valence-corrected chi connectivity index (χ3v) is 4.10. The van der Waals surface area contributed by atoms with Crippen molar-refractivity contribution in [2.75, 3.05) is 45.9 Å². The number of β-amino-alcohol motifs (C(OH)–C–C–N with tert-alkyl or cyclic N) is 1. The fourth-order valence-electron chi connectivity index (χ4n) is 3.13. The van der Waals surface area contributed by atoms with Crippen LogP contribution in [0, 0.1) is 0 Å². The lowest BCUT2D eigenvalue weighted by atomic mass is 10.1. The summed E-state index contributed by atoms with van der Waals surface area (Å²) in [6.07, 6.45) is 5.54. The van der Waals surface area contributed by atoms with E-state index in [0.717, 1.165) is 39.3 Å². The quantitative estimate of drug-likeness (QED) is 0.790. The van der Waals surface area contributed by atoms with Crippen LogP contribution in [-0.2, 0) is 4.74 Å². The van der Waals surface area contributed by atoms with Crippen molar-refractivity contribution in [1.29, 1.82) is 0 Å². The van der Waals surface area contributed by atoms with E-state index in [4.69, 9.17) is 4.74 Å². The standard InChI is InChI=1S/C15H30N2O2/c1-15(2,18)13-17-10-8-16(9-11-17)7-3-5-14-6-4-12-19-14/h14,18H,3-13H2,1-2H3. The van der Waals surface area contributed by atoms with Crippen LogP contribution in [0.25, 0.3) is 0 Å². The monoisotopic (exact) mass is 270 g/mol. The minimum atomic E-state index is -0.567. The molecule has 0 aliphatic carbocycles. The van der Waals surface area contributed by atoms with Gasteiger partial charge in [-0.15, -0.1) is 0 Å². The van der Waals surface area contributed by atoms with Crippen LogP contribution in [-0.4, -0.2) is 72.5 Å². The molecule has 0 aromatic carbocycles. The SMILES string of the molecule is CC(C)(O)CN1CCN(CCCC2CCCO2)CC1. The summed E-state index contributed by atoms with van der Waals surface area (Å²) in [5.74, 6) is 0. The summed E-state index contributed by atoms with van der Waals surface area (Å²) >= 11 is 0. The highest BCUT2D eigenvalue weighted by atomic mass is 16.5. The molecule has 1 N–H and O–H groups in total. The van der Waals surface area contributed by atoms with Crippen LogP contribution in [0.5, 0.6) is 0 Å². The van der Waals surface area contributed by atoms with Gasteiger partial charge in [0.1, 0.15) is 0 Å². The minimum absolute atomic E-state index is 0.538. The number of ether oxygens (including phenoxy) is 1. The van der Waals surface area contributed by atoms with Crippen molar-refractivity contribution in [3.8, 4) is 0 Å². The van der Waals surface area contributed by atoms with Gasteiger partial charge in [0.25, 0.3) is 0 Å². The minimum Gasteiger partial charge on any atom is -0.389 e. The van der Waals surface area contributed by atoms with Crippen molar-refractivity contribution in [2.24, 2.45) is 0 Å². The van der Waals surface area contributed by atoms with E-state index in [1.807, 2.05) is 13.8 Å². The zero-order valence-electron chi connectivity index (χ0n) is 12.6. The second-order valence-corrected chi connectivity index (χ2v) is 6.71. The van der Waals surface area contributed by atoms with Crippen LogP contribution >= 0.6 is 0 Å². The Morgan fingerprint density at radius 2 is 1.84 bits per heavy atom. The molecular weight excluding hydrogens is 240 g/mol. The molecule has 0 bridgehead atoms. The zero-order chi connectivity index (χ0) is 13.7. The Bertz CT molecular complexity index is 251. The van der Waals surface area contributed by atoms with Gasteiger partial charge in [0, 0.05) is 39.3 Å². The number of aliphatic hydroxyl groups is 1. The summed E-state index contributed by atoms with van der Waals surface area (Å²) in [5.41, 5.74) is -0.567. The molecule has 0 radical (unpaired) electrons. The van der Waals surface area contributed by atoms with Crippen LogP contribution in [0.4, 0.5) is 0 Å². The van der Waals surface area contributed by atoms with Crippen LogP contribution in [0.2, 0.25) is 0 Å². The third-order valence-electron chi connectivity index (χ3n) is 4.10. The van der Waals surface area contributed by atoms with Crippen molar-refractivity contribution in [2.45, 2.75) is 51.2 Å². The first kappa shape index (κ1) is 15.2. The Balaban J connectivity index is 1.55. The molecule has 0 spiro atoms. The number of hydrogen-bond acceptors (Lipinski definition) is 4. The van der Waals surface area contributed by atoms with Crippen LogP contribution < -0.4 is 0 Å². The Morgan fingerprint density at radius 3 is 2.42 bits per heavy atom. The summed E-state index contributed by atoms with van der Waals surface area (Å²) in [7, 11) is 0. The van der Waals surface area contributed by atoms with Gasteiger partial charge in [-0.1, -0.05) is 0 Å². The van der Waals surface area contributed by atoms with Gasteiger partial charge in [-0.05, 0) is 46.1 Å². The lowest BCUT2D eigenvalue weighted by molar-refractivity contribution is 0.0168. The molecule has 4 nitrogen and oxygen atoms in total. The van der Waals surface area contributed by atoms with Crippen molar-refractivity contribution in [3.63, 3.8) is 0 Å². The molecule has 19 heavy (non-hydrogen) atoms. The summed E-state index contributed by atoms with van der Waals surface area (Å²) in [6, 6.07) is 0. The van der Waals surface area contributed by atoms with Gasteiger partial charge >= 0.3 is 0 Å². The topological polar surface area (TPSA) is 35.9 Å². The molecule has 2 saturated heterocycles. The summed E-state index contributed by atoms with van der Waals surface area (Å²) in [5, 5.41) is 9.83. The molecule has 2 heterocycles. The van der Waals surface area contributed by atoms with Gasteiger partial charge < -0.3 is 14.7 Å². The first-order valence-corrected chi connectivity index (χ1v) is 7.82. The molecule has 1 unspecified atom stereocenters. The maximum atomic E-state index is 9.83. The lowest BCUT2D eigenvalue weighted by Crippen LogP contribution is -2.50. The second kappa shape index (κ2) is 7.02. The molecule has 2 fully saturated rings. The first-order valence-electron chi connectivity index (χ1n) is 7.82. The molecule has 0 aromatic rings.